The van der Waals surface area contributed by atoms with Gasteiger partial charge in [-0.1, -0.05) is 73.9 Å². The van der Waals surface area contributed by atoms with Crippen LogP contribution in [-0.4, -0.2) is 198 Å². The van der Waals surface area contributed by atoms with Crippen molar-refractivity contribution in [1.29, 1.82) is 0 Å². The molecule has 0 spiro atoms. The number of methoxy groups -OCH3 is 2. The van der Waals surface area contributed by atoms with Crippen molar-refractivity contribution in [3.05, 3.63) is 46.5 Å². The number of aliphatic hydroxyl groups is 4. The number of carbonyl (C=O) groups excluding carboxylic acids is 1. The summed E-state index contributed by atoms with van der Waals surface area (Å²) < 4.78 is 46.6. The Hall–Kier alpha value is -2.14. The molecule has 18 heteroatoms. The summed E-state index contributed by atoms with van der Waals surface area (Å²) in [7, 11) is 5.10. The summed E-state index contributed by atoms with van der Waals surface area (Å²) in [6.07, 6.45) is -4.70. The summed E-state index contributed by atoms with van der Waals surface area (Å²) in [6.45, 7) is 26.9. The van der Waals surface area contributed by atoms with Gasteiger partial charge in [0.1, 0.15) is 30.5 Å². The maximum atomic E-state index is 14.7. The first-order valence-electron chi connectivity index (χ1n) is 26.4. The van der Waals surface area contributed by atoms with Gasteiger partial charge in [0.15, 0.2) is 12.6 Å². The van der Waals surface area contributed by atoms with Crippen LogP contribution in [0.2, 0.25) is 0 Å². The smallest absolute Gasteiger partial charge is 0.311 e. The number of cyclic esters (lactones) is 1. The van der Waals surface area contributed by atoms with Crippen LogP contribution in [0, 0.1) is 23.7 Å². The summed E-state index contributed by atoms with van der Waals surface area (Å²) in [5.74, 6) is -3.70. The molecular formula is C54H91BrN4O13. The van der Waals surface area contributed by atoms with Crippen molar-refractivity contribution in [2.45, 2.75) is 193 Å². The highest BCUT2D eigenvalue weighted by molar-refractivity contribution is 9.10. The molecule has 0 saturated carbocycles. The summed E-state index contributed by atoms with van der Waals surface area (Å²) in [5.41, 5.74) is -2.69. The predicted molar refractivity (Wildman–Crippen MR) is 279 cm³/mol. The fourth-order valence-electron chi connectivity index (χ4n) is 11.4. The monoisotopic (exact) mass is 1080 g/mol. The van der Waals surface area contributed by atoms with Gasteiger partial charge in [0, 0.05) is 88.2 Å². The van der Waals surface area contributed by atoms with Crippen molar-refractivity contribution in [3.63, 3.8) is 0 Å². The molecule has 0 aromatic heterocycles. The number of rotatable bonds is 16. The minimum absolute atomic E-state index is 0.125. The largest absolute Gasteiger partial charge is 0.459 e. The van der Waals surface area contributed by atoms with Crippen LogP contribution in [-0.2, 0) is 49.3 Å². The second-order valence-electron chi connectivity index (χ2n) is 21.8. The molecule has 1 aromatic carbocycles. The Labute approximate surface area is 438 Å². The maximum absolute atomic E-state index is 14.7. The van der Waals surface area contributed by atoms with E-state index in [2.05, 4.69) is 43.6 Å². The van der Waals surface area contributed by atoms with Crippen molar-refractivity contribution >= 4 is 27.6 Å². The standard InChI is InChI=1S/C54H91BrN4O13/c1-15-42-54(11,64)47(61)35(5)44(56-67-28-18-17-23-59-26-24-58(16-2)25-27-59)33(3)30-53(10,66-14)49(72-51-45(60)41(29-34(4)68-51)57(12)32-39-19-21-40(55)22-20-39)36(6)46(37(7)50(63)70-42)71-43-31-52(9,65-13)48(62)38(8)69-43/h17-22,33-38,41-43,45-49,51,60-62,64H,15-16,23-32H2,1-14H3/b18-17+,56-44+/t33-,34-,35+,36+,37-,38+,41+,42-,43+,45-,46+,47-,48+,49-,51+,52-,53+,54-/m1/s1. The van der Waals surface area contributed by atoms with Gasteiger partial charge in [-0.2, -0.15) is 0 Å². The first-order valence-corrected chi connectivity index (χ1v) is 27.2. The lowest BCUT2D eigenvalue weighted by molar-refractivity contribution is -0.319. The zero-order valence-electron chi connectivity index (χ0n) is 45.7. The lowest BCUT2D eigenvalue weighted by Crippen LogP contribution is -2.61. The number of aliphatic hydroxyl groups excluding tert-OH is 3. The van der Waals surface area contributed by atoms with Crippen LogP contribution < -0.4 is 0 Å². The first kappa shape index (κ1) is 60.7. The number of carbonyl (C=O) groups is 1. The van der Waals surface area contributed by atoms with Gasteiger partial charge in [-0.25, -0.2) is 0 Å². The predicted octanol–water partition coefficient (Wildman–Crippen LogP) is 5.77. The third-order valence-corrected chi connectivity index (χ3v) is 16.9. The number of halogens is 1. The van der Waals surface area contributed by atoms with E-state index < -0.39 is 102 Å². The van der Waals surface area contributed by atoms with Gasteiger partial charge in [-0.3, -0.25) is 14.6 Å². The van der Waals surface area contributed by atoms with Crippen LogP contribution >= 0.6 is 15.9 Å². The van der Waals surface area contributed by atoms with E-state index >= 15 is 0 Å². The topological polar surface area (TPSA) is 194 Å². The second-order valence-corrected chi connectivity index (χ2v) is 22.7. The maximum Gasteiger partial charge on any atom is 0.311 e. The zero-order valence-corrected chi connectivity index (χ0v) is 47.3. The van der Waals surface area contributed by atoms with E-state index in [-0.39, 0.29) is 38.0 Å². The molecule has 17 nitrogen and oxygen atoms in total. The minimum atomic E-state index is -1.93. The molecule has 0 unspecified atom stereocenters. The molecule has 4 aliphatic heterocycles. The number of nitrogens with zero attached hydrogens (tertiary/aromatic N) is 4. The summed E-state index contributed by atoms with van der Waals surface area (Å²) in [6, 6.07) is 7.72. The molecular weight excluding hydrogens is 993 g/mol. The van der Waals surface area contributed by atoms with E-state index in [1.807, 2.05) is 65.1 Å². The number of oxime groups is 1. The average molecular weight is 1080 g/mol. The van der Waals surface area contributed by atoms with Crippen LogP contribution in [0.25, 0.3) is 0 Å². The van der Waals surface area contributed by atoms with Crippen LogP contribution in [0.4, 0.5) is 0 Å². The van der Waals surface area contributed by atoms with Crippen molar-refractivity contribution < 1.29 is 63.2 Å². The van der Waals surface area contributed by atoms with E-state index in [1.54, 1.807) is 41.7 Å². The third kappa shape index (κ3) is 14.9. The first-order chi connectivity index (χ1) is 33.9. The van der Waals surface area contributed by atoms with Crippen LogP contribution in [0.5, 0.6) is 0 Å². The van der Waals surface area contributed by atoms with Crippen molar-refractivity contribution in [1.82, 2.24) is 14.7 Å². The molecule has 0 radical (unpaired) electrons. The number of piperazine rings is 1. The van der Waals surface area contributed by atoms with E-state index in [4.69, 9.17) is 43.2 Å². The Kier molecular flexibility index (Phi) is 22.6. The molecule has 5 rings (SSSR count). The van der Waals surface area contributed by atoms with E-state index in [0.29, 0.717) is 18.7 Å². The highest BCUT2D eigenvalue weighted by Crippen LogP contribution is 2.42. The van der Waals surface area contributed by atoms with Gasteiger partial charge in [0.2, 0.25) is 0 Å². The Morgan fingerprint density at radius 2 is 1.50 bits per heavy atom. The van der Waals surface area contributed by atoms with Gasteiger partial charge >= 0.3 is 5.97 Å². The third-order valence-electron chi connectivity index (χ3n) is 16.3. The lowest BCUT2D eigenvalue weighted by Gasteiger charge is -2.50. The molecule has 0 aliphatic carbocycles. The normalized spacial score (nSPS) is 41.1. The molecule has 0 amide bonds. The Morgan fingerprint density at radius 3 is 2.11 bits per heavy atom. The van der Waals surface area contributed by atoms with Crippen molar-refractivity contribution in [3.8, 4) is 0 Å². The van der Waals surface area contributed by atoms with Crippen molar-refractivity contribution in [2.24, 2.45) is 28.8 Å². The molecule has 4 saturated heterocycles. The van der Waals surface area contributed by atoms with Gasteiger partial charge in [-0.15, -0.1) is 0 Å². The SMILES string of the molecule is CC[C@H]1OC(=O)[C@H](C)[C@@H](O[C@H]2C[C@@](C)(OC)[C@@H](O)[C@H](C)O2)[C@H](C)[C@@H](O[C@@H]2O[C@H](C)C[C@H](N(C)Cc3ccc(Br)cc3)[C@H]2O)[C@@](C)(OC)C[C@@H](C)/C(=N\OC/C=C/CN2CCN(CC)CC2)[C@H](C)[C@@H](O)[C@]1(C)O. The zero-order chi connectivity index (χ0) is 53.3. The molecule has 1 aromatic rings. The fraction of sp³-hybridized carbons (Fsp3) is 0.815. The fourth-order valence-corrected chi connectivity index (χ4v) is 11.7. The van der Waals surface area contributed by atoms with Crippen LogP contribution in [0.1, 0.15) is 107 Å². The van der Waals surface area contributed by atoms with Gasteiger partial charge in [0.25, 0.3) is 0 Å². The summed E-state index contributed by atoms with van der Waals surface area (Å²) in [5, 5.41) is 52.7. The summed E-state index contributed by atoms with van der Waals surface area (Å²) in [4.78, 5) is 27.7. The number of esters is 1. The number of ether oxygens (including phenoxy) is 7. The minimum Gasteiger partial charge on any atom is -0.459 e. The Bertz CT molecular complexity index is 1890. The number of hydrogen-bond donors (Lipinski definition) is 4. The second kappa shape index (κ2) is 26.8. The number of likely N-dealkylation sites (N-methyl/N-ethyl adjacent to an activating group) is 2. The van der Waals surface area contributed by atoms with E-state index in [9.17, 15) is 25.2 Å². The quantitative estimate of drug-likeness (QED) is 0.0674. The average Bonchev–Trinajstić information content (AvgIpc) is 3.35. The Balaban J connectivity index is 1.57. The van der Waals surface area contributed by atoms with E-state index in [0.717, 1.165) is 49.3 Å². The van der Waals surface area contributed by atoms with Gasteiger partial charge < -0.3 is 63.3 Å². The van der Waals surface area contributed by atoms with Crippen molar-refractivity contribution in [2.75, 3.05) is 67.1 Å². The highest BCUT2D eigenvalue weighted by atomic mass is 79.9. The number of benzene rings is 1. The van der Waals surface area contributed by atoms with Gasteiger partial charge in [-0.05, 0) is 98.2 Å². The summed E-state index contributed by atoms with van der Waals surface area (Å²) >= 11 is 3.53. The molecule has 412 valence electrons. The lowest BCUT2D eigenvalue weighted by atomic mass is 9.73. The molecule has 4 aliphatic rings. The Morgan fingerprint density at radius 1 is 0.861 bits per heavy atom. The number of hydrogen-bond acceptors (Lipinski definition) is 17. The van der Waals surface area contributed by atoms with E-state index in [1.165, 1.54) is 14.0 Å². The van der Waals surface area contributed by atoms with Crippen LogP contribution in [0.15, 0.2) is 46.0 Å². The molecule has 18 atom stereocenters. The highest BCUT2D eigenvalue weighted by Gasteiger charge is 2.54. The van der Waals surface area contributed by atoms with Crippen LogP contribution in [0.3, 0.4) is 0 Å². The molecule has 0 bridgehead atoms. The molecule has 4 heterocycles. The molecule has 4 fully saturated rings. The molecule has 72 heavy (non-hydrogen) atoms. The molecule has 4 N–H and O–H groups in total. The van der Waals surface area contributed by atoms with Gasteiger partial charge in [0.05, 0.1) is 53.4 Å².